The molecule has 0 bridgehead atoms. The predicted octanol–water partition coefficient (Wildman–Crippen LogP) is 6.24. The Morgan fingerprint density at radius 1 is 1.04 bits per heavy atom. The van der Waals surface area contributed by atoms with Crippen LogP contribution in [0.3, 0.4) is 0 Å². The molecule has 1 unspecified atom stereocenters. The smallest absolute Gasteiger partial charge is 0.201 e. The lowest BCUT2D eigenvalue weighted by Crippen LogP contribution is -2.10. The number of nitrogens with zero attached hydrogens (tertiary/aromatic N) is 1. The number of nitrogens with one attached hydrogen (secondary N) is 2. The van der Waals surface area contributed by atoms with Crippen molar-refractivity contribution >= 4 is 16.7 Å². The molecule has 0 amide bonds. The molecule has 1 aromatic heterocycles. The number of hydrogen-bond donors (Lipinski definition) is 2. The summed E-state index contributed by atoms with van der Waals surface area (Å²) in [4.78, 5) is 7.97. The van der Waals surface area contributed by atoms with Gasteiger partial charge in [0.25, 0.3) is 0 Å². The van der Waals surface area contributed by atoms with Gasteiger partial charge in [0.15, 0.2) is 0 Å². The SMILES string of the molecule is CCC(Nc1nc(-c2ccc3ccccc3c2C)c[nH]1)c1ccc(F)cc1. The molecular weight excluding hydrogens is 337 g/mol. The fraction of sp³-hybridized carbons (Fsp3) is 0.174. The van der Waals surface area contributed by atoms with Crippen LogP contribution >= 0.6 is 0 Å². The molecule has 0 aliphatic rings. The average Bonchev–Trinajstić information content (AvgIpc) is 3.16. The molecule has 0 fully saturated rings. The summed E-state index contributed by atoms with van der Waals surface area (Å²) in [6.45, 7) is 4.23. The van der Waals surface area contributed by atoms with Gasteiger partial charge in [-0.1, -0.05) is 55.5 Å². The number of rotatable bonds is 5. The molecule has 3 nitrogen and oxygen atoms in total. The van der Waals surface area contributed by atoms with Gasteiger partial charge in [0.1, 0.15) is 5.82 Å². The number of fused-ring (bicyclic) bond motifs is 1. The van der Waals surface area contributed by atoms with E-state index in [2.05, 4.69) is 60.5 Å². The average molecular weight is 359 g/mol. The molecule has 2 N–H and O–H groups in total. The minimum absolute atomic E-state index is 0.0716. The van der Waals surface area contributed by atoms with Crippen LogP contribution in [0.5, 0.6) is 0 Å². The summed E-state index contributed by atoms with van der Waals surface area (Å²) >= 11 is 0. The fourth-order valence-electron chi connectivity index (χ4n) is 3.52. The molecule has 4 rings (SSSR count). The Labute approximate surface area is 158 Å². The number of benzene rings is 3. The van der Waals surface area contributed by atoms with Gasteiger partial charge in [0.05, 0.1) is 11.7 Å². The number of aromatic amines is 1. The molecule has 4 aromatic rings. The maximum atomic E-state index is 13.2. The van der Waals surface area contributed by atoms with E-state index in [4.69, 9.17) is 4.98 Å². The third kappa shape index (κ3) is 3.43. The summed E-state index contributed by atoms with van der Waals surface area (Å²) in [5.41, 5.74) is 4.29. The van der Waals surface area contributed by atoms with E-state index in [1.54, 1.807) is 0 Å². The van der Waals surface area contributed by atoms with E-state index < -0.39 is 0 Å². The van der Waals surface area contributed by atoms with Crippen LogP contribution in [0.4, 0.5) is 10.3 Å². The molecule has 0 aliphatic heterocycles. The number of H-pyrrole nitrogens is 1. The van der Waals surface area contributed by atoms with Gasteiger partial charge in [-0.25, -0.2) is 9.37 Å². The predicted molar refractivity (Wildman–Crippen MR) is 109 cm³/mol. The lowest BCUT2D eigenvalue weighted by molar-refractivity contribution is 0.625. The molecule has 0 saturated heterocycles. The molecule has 4 heteroatoms. The molecule has 27 heavy (non-hydrogen) atoms. The highest BCUT2D eigenvalue weighted by Gasteiger charge is 2.13. The van der Waals surface area contributed by atoms with E-state index >= 15 is 0 Å². The lowest BCUT2D eigenvalue weighted by atomic mass is 9.99. The van der Waals surface area contributed by atoms with Crippen molar-refractivity contribution in [2.24, 2.45) is 0 Å². The van der Waals surface area contributed by atoms with Crippen LogP contribution in [0.1, 0.15) is 30.5 Å². The third-order valence-corrected chi connectivity index (χ3v) is 5.04. The number of aryl methyl sites for hydroxylation is 1. The topological polar surface area (TPSA) is 40.7 Å². The number of anilines is 1. The Morgan fingerprint density at radius 2 is 1.81 bits per heavy atom. The second-order valence-corrected chi connectivity index (χ2v) is 6.75. The third-order valence-electron chi connectivity index (χ3n) is 5.04. The molecule has 1 heterocycles. The highest BCUT2D eigenvalue weighted by Crippen LogP contribution is 2.30. The van der Waals surface area contributed by atoms with Gasteiger partial charge in [0.2, 0.25) is 5.95 Å². The van der Waals surface area contributed by atoms with Crippen molar-refractivity contribution in [2.75, 3.05) is 5.32 Å². The van der Waals surface area contributed by atoms with E-state index in [0.717, 1.165) is 23.2 Å². The van der Waals surface area contributed by atoms with Crippen molar-refractivity contribution in [3.05, 3.63) is 83.8 Å². The first-order chi connectivity index (χ1) is 13.2. The Kier molecular flexibility index (Phi) is 4.63. The van der Waals surface area contributed by atoms with Gasteiger partial charge >= 0.3 is 0 Å². The largest absolute Gasteiger partial charge is 0.349 e. The standard InChI is InChI=1S/C23H22FN3/c1-3-21(17-8-11-18(24)12-9-17)26-23-25-14-22(27-23)20-13-10-16-6-4-5-7-19(16)15(20)2/h4-14,21H,3H2,1-2H3,(H2,25,26,27). The van der Waals surface area contributed by atoms with Crippen LogP contribution in [-0.4, -0.2) is 9.97 Å². The van der Waals surface area contributed by atoms with Crippen molar-refractivity contribution in [1.29, 1.82) is 0 Å². The van der Waals surface area contributed by atoms with E-state index in [1.807, 2.05) is 18.3 Å². The summed E-state index contributed by atoms with van der Waals surface area (Å²) in [5, 5.41) is 5.89. The van der Waals surface area contributed by atoms with Gasteiger partial charge < -0.3 is 10.3 Å². The van der Waals surface area contributed by atoms with Gasteiger partial charge in [-0.15, -0.1) is 0 Å². The highest BCUT2D eigenvalue weighted by molar-refractivity contribution is 5.91. The van der Waals surface area contributed by atoms with Gasteiger partial charge in [-0.3, -0.25) is 0 Å². The fourth-order valence-corrected chi connectivity index (χ4v) is 3.52. The van der Waals surface area contributed by atoms with E-state index in [0.29, 0.717) is 5.95 Å². The zero-order valence-electron chi connectivity index (χ0n) is 15.5. The minimum atomic E-state index is -0.222. The molecule has 0 spiro atoms. The van der Waals surface area contributed by atoms with Crippen molar-refractivity contribution < 1.29 is 4.39 Å². The van der Waals surface area contributed by atoms with Crippen molar-refractivity contribution in [3.63, 3.8) is 0 Å². The van der Waals surface area contributed by atoms with Crippen LogP contribution in [-0.2, 0) is 0 Å². The van der Waals surface area contributed by atoms with Crippen molar-refractivity contribution in [1.82, 2.24) is 9.97 Å². The van der Waals surface area contributed by atoms with Gasteiger partial charge in [-0.2, -0.15) is 0 Å². The maximum Gasteiger partial charge on any atom is 0.201 e. The number of hydrogen-bond acceptors (Lipinski definition) is 2. The van der Waals surface area contributed by atoms with Crippen LogP contribution < -0.4 is 5.32 Å². The zero-order valence-corrected chi connectivity index (χ0v) is 15.5. The Hall–Kier alpha value is -3.14. The van der Waals surface area contributed by atoms with Crippen LogP contribution in [0, 0.1) is 12.7 Å². The lowest BCUT2D eigenvalue weighted by Gasteiger charge is -2.16. The minimum Gasteiger partial charge on any atom is -0.349 e. The molecule has 1 atom stereocenters. The Morgan fingerprint density at radius 3 is 2.59 bits per heavy atom. The monoisotopic (exact) mass is 359 g/mol. The Bertz CT molecular complexity index is 1070. The van der Waals surface area contributed by atoms with Crippen LogP contribution in [0.25, 0.3) is 22.0 Å². The second-order valence-electron chi connectivity index (χ2n) is 6.75. The first-order valence-electron chi connectivity index (χ1n) is 9.22. The summed E-state index contributed by atoms with van der Waals surface area (Å²) in [6.07, 6.45) is 2.80. The summed E-state index contributed by atoms with van der Waals surface area (Å²) in [6, 6.07) is 19.3. The summed E-state index contributed by atoms with van der Waals surface area (Å²) < 4.78 is 13.2. The molecule has 0 saturated carbocycles. The normalized spacial score (nSPS) is 12.3. The first kappa shape index (κ1) is 17.3. The number of aromatic nitrogens is 2. The number of imidazole rings is 1. The summed E-state index contributed by atoms with van der Waals surface area (Å²) in [5.74, 6) is 0.495. The van der Waals surface area contributed by atoms with Gasteiger partial charge in [0, 0.05) is 11.8 Å². The molecule has 0 aliphatic carbocycles. The van der Waals surface area contributed by atoms with Gasteiger partial charge in [-0.05, 0) is 47.4 Å². The molecular formula is C23H22FN3. The molecule has 136 valence electrons. The van der Waals surface area contributed by atoms with E-state index in [-0.39, 0.29) is 11.9 Å². The maximum absolute atomic E-state index is 13.2. The van der Waals surface area contributed by atoms with Crippen molar-refractivity contribution in [2.45, 2.75) is 26.3 Å². The van der Waals surface area contributed by atoms with E-state index in [1.165, 1.54) is 28.5 Å². The van der Waals surface area contributed by atoms with Crippen molar-refractivity contribution in [3.8, 4) is 11.3 Å². The number of halogens is 1. The first-order valence-corrected chi connectivity index (χ1v) is 9.22. The molecule has 3 aromatic carbocycles. The zero-order chi connectivity index (χ0) is 18.8. The van der Waals surface area contributed by atoms with E-state index in [9.17, 15) is 4.39 Å². The Balaban J connectivity index is 1.61. The quantitative estimate of drug-likeness (QED) is 0.443. The summed E-state index contributed by atoms with van der Waals surface area (Å²) in [7, 11) is 0. The molecule has 0 radical (unpaired) electrons. The van der Waals surface area contributed by atoms with Crippen LogP contribution in [0.15, 0.2) is 66.9 Å². The van der Waals surface area contributed by atoms with Crippen LogP contribution in [0.2, 0.25) is 0 Å². The second kappa shape index (κ2) is 7.23. The highest BCUT2D eigenvalue weighted by atomic mass is 19.1.